The molecule has 1 aliphatic heterocycles. The van der Waals surface area contributed by atoms with E-state index in [9.17, 15) is 9.90 Å². The van der Waals surface area contributed by atoms with Gasteiger partial charge in [-0.2, -0.15) is 0 Å². The lowest BCUT2D eigenvalue weighted by atomic mass is 9.75. The van der Waals surface area contributed by atoms with E-state index in [-0.39, 0.29) is 12.0 Å². The van der Waals surface area contributed by atoms with Crippen LogP contribution in [0.5, 0.6) is 0 Å². The fourth-order valence-corrected chi connectivity index (χ4v) is 5.21. The van der Waals surface area contributed by atoms with Gasteiger partial charge in [0, 0.05) is 30.8 Å². The quantitative estimate of drug-likeness (QED) is 0.825. The zero-order valence-corrected chi connectivity index (χ0v) is 14.8. The van der Waals surface area contributed by atoms with Crippen LogP contribution < -0.4 is 5.32 Å². The Balaban J connectivity index is 1.60. The summed E-state index contributed by atoms with van der Waals surface area (Å²) < 4.78 is 6.06. The van der Waals surface area contributed by atoms with Crippen molar-refractivity contribution in [2.75, 3.05) is 13.1 Å². The molecule has 2 N–H and O–H groups in total. The third-order valence-electron chi connectivity index (χ3n) is 6.61. The van der Waals surface area contributed by atoms with E-state index in [1.165, 1.54) is 6.42 Å². The van der Waals surface area contributed by atoms with Gasteiger partial charge in [-0.15, -0.1) is 0 Å². The molecule has 1 heterocycles. The SMILES string of the molecule is O=C(OC1C2CCCC1CNC2)[C@](O)(c1ccccc1)C1CCCC1. The minimum absolute atomic E-state index is 0.0380. The number of ether oxygens (including phenoxy) is 1. The Labute approximate surface area is 150 Å². The molecule has 2 unspecified atom stereocenters. The summed E-state index contributed by atoms with van der Waals surface area (Å²) in [7, 11) is 0. The molecular formula is C21H29NO3. The molecule has 2 aliphatic carbocycles. The van der Waals surface area contributed by atoms with E-state index in [1.807, 2.05) is 30.3 Å². The van der Waals surface area contributed by atoms with Crippen molar-refractivity contribution in [3.63, 3.8) is 0 Å². The second-order valence-electron chi connectivity index (χ2n) is 8.09. The van der Waals surface area contributed by atoms with E-state index in [0.29, 0.717) is 17.4 Å². The Bertz CT molecular complexity index is 576. The first-order chi connectivity index (χ1) is 12.2. The van der Waals surface area contributed by atoms with Crippen molar-refractivity contribution in [2.45, 2.75) is 56.7 Å². The maximum atomic E-state index is 13.3. The highest BCUT2D eigenvalue weighted by atomic mass is 16.6. The van der Waals surface area contributed by atoms with Crippen molar-refractivity contribution in [3.05, 3.63) is 35.9 Å². The lowest BCUT2D eigenvalue weighted by Crippen LogP contribution is -2.54. The molecular weight excluding hydrogens is 314 g/mol. The van der Waals surface area contributed by atoms with Gasteiger partial charge in [-0.3, -0.25) is 0 Å². The summed E-state index contributed by atoms with van der Waals surface area (Å²) in [5, 5.41) is 15.0. The van der Waals surface area contributed by atoms with Gasteiger partial charge in [-0.05, 0) is 31.2 Å². The molecule has 4 nitrogen and oxygen atoms in total. The van der Waals surface area contributed by atoms with Gasteiger partial charge in [0.25, 0.3) is 0 Å². The summed E-state index contributed by atoms with van der Waals surface area (Å²) in [5.74, 6) is 0.318. The molecule has 4 rings (SSSR count). The van der Waals surface area contributed by atoms with Gasteiger partial charge in [0.1, 0.15) is 6.10 Å². The van der Waals surface area contributed by atoms with Gasteiger partial charge in [-0.25, -0.2) is 4.79 Å². The molecule has 0 spiro atoms. The zero-order valence-electron chi connectivity index (χ0n) is 14.8. The highest BCUT2D eigenvalue weighted by molar-refractivity contribution is 5.82. The third-order valence-corrected chi connectivity index (χ3v) is 6.61. The van der Waals surface area contributed by atoms with E-state index >= 15 is 0 Å². The second-order valence-corrected chi connectivity index (χ2v) is 8.09. The van der Waals surface area contributed by atoms with E-state index < -0.39 is 11.6 Å². The van der Waals surface area contributed by atoms with Crippen LogP contribution >= 0.6 is 0 Å². The van der Waals surface area contributed by atoms with Crippen LogP contribution in [0.15, 0.2) is 30.3 Å². The summed E-state index contributed by atoms with van der Waals surface area (Å²) in [6.07, 6.45) is 7.32. The number of piperidine rings is 1. The largest absolute Gasteiger partial charge is 0.459 e. The number of aliphatic hydroxyl groups is 1. The summed E-state index contributed by atoms with van der Waals surface area (Å²) in [4.78, 5) is 13.3. The normalized spacial score (nSPS) is 32.1. The van der Waals surface area contributed by atoms with Crippen LogP contribution in [-0.2, 0) is 15.1 Å². The number of carbonyl (C=O) groups excluding carboxylic acids is 1. The van der Waals surface area contributed by atoms with Crippen molar-refractivity contribution in [1.82, 2.24) is 5.32 Å². The van der Waals surface area contributed by atoms with Gasteiger partial charge in [0.05, 0.1) is 0 Å². The predicted octanol–water partition coefficient (Wildman–Crippen LogP) is 3.00. The fourth-order valence-electron chi connectivity index (χ4n) is 5.21. The molecule has 2 saturated carbocycles. The van der Waals surface area contributed by atoms with Gasteiger partial charge in [0.15, 0.2) is 5.60 Å². The standard InChI is InChI=1S/C21H29NO3/c23-20(25-19-15-7-6-8-16(19)14-22-13-15)21(24,18-11-4-5-12-18)17-9-2-1-3-10-17/h1-3,9-10,15-16,18-19,22,24H,4-8,11-14H2/t15?,16?,19?,21-/m0/s1. The van der Waals surface area contributed by atoms with Crippen molar-refractivity contribution >= 4 is 5.97 Å². The summed E-state index contributed by atoms with van der Waals surface area (Å²) in [6.45, 7) is 1.84. The summed E-state index contributed by atoms with van der Waals surface area (Å²) in [6, 6.07) is 9.43. The predicted molar refractivity (Wildman–Crippen MR) is 95.9 cm³/mol. The minimum atomic E-state index is -1.50. The van der Waals surface area contributed by atoms with Gasteiger partial charge in [0.2, 0.25) is 0 Å². The smallest absolute Gasteiger partial charge is 0.343 e. The molecule has 1 aromatic rings. The number of hydrogen-bond acceptors (Lipinski definition) is 4. The average Bonchev–Trinajstić information content (AvgIpc) is 3.16. The number of esters is 1. The van der Waals surface area contributed by atoms with Gasteiger partial charge in [-0.1, -0.05) is 49.6 Å². The zero-order chi connectivity index (χ0) is 17.3. The van der Waals surface area contributed by atoms with Gasteiger partial charge >= 0.3 is 5.97 Å². The van der Waals surface area contributed by atoms with E-state index in [1.54, 1.807) is 0 Å². The van der Waals surface area contributed by atoms with Crippen LogP contribution in [0.1, 0.15) is 50.5 Å². The monoisotopic (exact) mass is 343 g/mol. The molecule has 1 aromatic carbocycles. The Morgan fingerprint density at radius 3 is 2.28 bits per heavy atom. The van der Waals surface area contributed by atoms with Crippen molar-refractivity contribution in [2.24, 2.45) is 17.8 Å². The van der Waals surface area contributed by atoms with Crippen LogP contribution in [0.4, 0.5) is 0 Å². The molecule has 1 saturated heterocycles. The highest BCUT2D eigenvalue weighted by Crippen LogP contribution is 2.43. The lowest BCUT2D eigenvalue weighted by molar-refractivity contribution is -0.188. The second kappa shape index (κ2) is 7.08. The van der Waals surface area contributed by atoms with E-state index in [2.05, 4.69) is 5.32 Å². The first kappa shape index (κ1) is 17.0. The van der Waals surface area contributed by atoms with Crippen molar-refractivity contribution in [3.8, 4) is 0 Å². The van der Waals surface area contributed by atoms with Crippen LogP contribution in [0.25, 0.3) is 0 Å². The Hall–Kier alpha value is -1.39. The first-order valence-corrected chi connectivity index (χ1v) is 9.89. The van der Waals surface area contributed by atoms with Crippen LogP contribution in [0.3, 0.4) is 0 Å². The lowest BCUT2D eigenvalue weighted by Gasteiger charge is -2.43. The van der Waals surface area contributed by atoms with Crippen molar-refractivity contribution < 1.29 is 14.6 Å². The molecule has 3 fully saturated rings. The van der Waals surface area contributed by atoms with Crippen LogP contribution in [0, 0.1) is 17.8 Å². The number of benzene rings is 1. The third kappa shape index (κ3) is 3.11. The molecule has 4 heteroatoms. The van der Waals surface area contributed by atoms with Crippen molar-refractivity contribution in [1.29, 1.82) is 0 Å². The van der Waals surface area contributed by atoms with Gasteiger partial charge < -0.3 is 15.2 Å². The first-order valence-electron chi connectivity index (χ1n) is 9.89. The number of rotatable bonds is 4. The molecule has 0 radical (unpaired) electrons. The highest BCUT2D eigenvalue weighted by Gasteiger charge is 2.50. The average molecular weight is 343 g/mol. The molecule has 0 aromatic heterocycles. The van der Waals surface area contributed by atoms with E-state index in [0.717, 1.165) is 51.6 Å². The number of fused-ring (bicyclic) bond motifs is 2. The Kier molecular flexibility index (Phi) is 4.83. The summed E-state index contributed by atoms with van der Waals surface area (Å²) >= 11 is 0. The fraction of sp³-hybridized carbons (Fsp3) is 0.667. The molecule has 136 valence electrons. The number of carbonyl (C=O) groups is 1. The van der Waals surface area contributed by atoms with Crippen LogP contribution in [0.2, 0.25) is 0 Å². The Morgan fingerprint density at radius 1 is 1.00 bits per heavy atom. The number of nitrogens with one attached hydrogen (secondary N) is 1. The molecule has 3 aliphatic rings. The minimum Gasteiger partial charge on any atom is -0.459 e. The molecule has 0 amide bonds. The molecule has 25 heavy (non-hydrogen) atoms. The van der Waals surface area contributed by atoms with E-state index in [4.69, 9.17) is 4.74 Å². The summed E-state index contributed by atoms with van der Waals surface area (Å²) in [5.41, 5.74) is -0.817. The van der Waals surface area contributed by atoms with Crippen LogP contribution in [-0.4, -0.2) is 30.3 Å². The topological polar surface area (TPSA) is 58.6 Å². The molecule has 3 atom stereocenters. The molecule has 2 bridgehead atoms. The maximum absolute atomic E-state index is 13.3. The number of hydrogen-bond donors (Lipinski definition) is 2. The maximum Gasteiger partial charge on any atom is 0.343 e. The Morgan fingerprint density at radius 2 is 1.64 bits per heavy atom.